The molecule has 0 saturated heterocycles. The van der Waals surface area contributed by atoms with Gasteiger partial charge in [-0.05, 0) is 31.5 Å². The zero-order valence-corrected chi connectivity index (χ0v) is 14.4. The van der Waals surface area contributed by atoms with E-state index < -0.39 is 0 Å². The predicted molar refractivity (Wildman–Crippen MR) is 98.7 cm³/mol. The molecule has 1 amide bonds. The number of rotatable bonds is 6. The Morgan fingerprint density at radius 3 is 2.68 bits per heavy atom. The van der Waals surface area contributed by atoms with Crippen LogP contribution in [0.3, 0.4) is 0 Å². The Balaban J connectivity index is 2.04. The van der Waals surface area contributed by atoms with Gasteiger partial charge in [-0.15, -0.1) is 0 Å². The van der Waals surface area contributed by atoms with E-state index in [0.29, 0.717) is 12.4 Å². The molecule has 3 N–H and O–H groups in total. The Morgan fingerprint density at radius 2 is 2.00 bits per heavy atom. The molecule has 0 fully saturated rings. The Morgan fingerprint density at radius 1 is 1.24 bits per heavy atom. The van der Waals surface area contributed by atoms with Gasteiger partial charge in [0, 0.05) is 11.5 Å². The van der Waals surface area contributed by atoms with Crippen LogP contribution in [0.4, 0.5) is 5.82 Å². The molecule has 0 unspecified atom stereocenters. The smallest absolute Gasteiger partial charge is 0.239 e. The normalized spacial score (nSPS) is 11.0. The lowest BCUT2D eigenvalue weighted by Gasteiger charge is -2.10. The number of carbonyl (C=O) groups excluding carboxylic acids is 1. The van der Waals surface area contributed by atoms with E-state index in [9.17, 15) is 4.79 Å². The van der Waals surface area contributed by atoms with E-state index in [1.54, 1.807) is 0 Å². The number of ether oxygens (including phenoxy) is 1. The van der Waals surface area contributed by atoms with Crippen LogP contribution in [0.5, 0.6) is 5.75 Å². The van der Waals surface area contributed by atoms with E-state index in [1.807, 2.05) is 67.1 Å². The number of anilines is 1. The third-order valence-electron chi connectivity index (χ3n) is 3.71. The Hall–Kier alpha value is -2.86. The molecular formula is C19H22N4O2. The number of hydrogen-bond acceptors (Lipinski definition) is 4. The molecule has 0 bridgehead atoms. The first-order valence-corrected chi connectivity index (χ1v) is 8.28. The van der Waals surface area contributed by atoms with Crippen molar-refractivity contribution in [2.45, 2.75) is 26.5 Å². The van der Waals surface area contributed by atoms with Gasteiger partial charge in [-0.1, -0.05) is 30.3 Å². The van der Waals surface area contributed by atoms with Crippen molar-refractivity contribution in [2.24, 2.45) is 5.73 Å². The zero-order valence-electron chi connectivity index (χ0n) is 14.4. The monoisotopic (exact) mass is 338 g/mol. The van der Waals surface area contributed by atoms with E-state index in [2.05, 4.69) is 10.4 Å². The average molecular weight is 338 g/mol. The van der Waals surface area contributed by atoms with Gasteiger partial charge in [0.2, 0.25) is 5.91 Å². The van der Waals surface area contributed by atoms with Crippen molar-refractivity contribution in [2.75, 3.05) is 11.9 Å². The summed E-state index contributed by atoms with van der Waals surface area (Å²) in [6.45, 7) is 4.49. The van der Waals surface area contributed by atoms with Crippen LogP contribution in [0, 0.1) is 0 Å². The van der Waals surface area contributed by atoms with Gasteiger partial charge in [0.05, 0.1) is 24.7 Å². The first-order chi connectivity index (χ1) is 12.1. The van der Waals surface area contributed by atoms with Crippen LogP contribution < -0.4 is 15.8 Å². The highest BCUT2D eigenvalue weighted by Gasteiger charge is 2.14. The minimum Gasteiger partial charge on any atom is -0.491 e. The minimum absolute atomic E-state index is 0.0818. The molecule has 6 heteroatoms. The summed E-state index contributed by atoms with van der Waals surface area (Å²) >= 11 is 0. The second kappa shape index (κ2) is 7.36. The number of fused-ring (bicyclic) bond motifs is 1. The molecule has 0 aliphatic heterocycles. The number of amides is 1. The third kappa shape index (κ3) is 3.97. The Bertz CT molecular complexity index is 872. The summed E-state index contributed by atoms with van der Waals surface area (Å²) in [5, 5.41) is 8.19. The van der Waals surface area contributed by atoms with Gasteiger partial charge >= 0.3 is 0 Å². The second-order valence-corrected chi connectivity index (χ2v) is 6.09. The predicted octanol–water partition coefficient (Wildman–Crippen LogP) is 2.77. The summed E-state index contributed by atoms with van der Waals surface area (Å²) in [4.78, 5) is 11.7. The molecule has 6 nitrogen and oxygen atoms in total. The highest BCUT2D eigenvalue weighted by Crippen LogP contribution is 2.28. The first kappa shape index (κ1) is 17.0. The molecule has 0 aliphatic rings. The number of aromatic nitrogens is 2. The topological polar surface area (TPSA) is 82.2 Å². The van der Waals surface area contributed by atoms with Gasteiger partial charge < -0.3 is 15.8 Å². The summed E-state index contributed by atoms with van der Waals surface area (Å²) in [6, 6.07) is 15.8. The number of carbonyl (C=O) groups is 1. The lowest BCUT2D eigenvalue weighted by molar-refractivity contribution is -0.114. The molecular weight excluding hydrogens is 316 g/mol. The number of nitrogens with two attached hydrogens (primary N) is 1. The average Bonchev–Trinajstić information content (AvgIpc) is 2.92. The van der Waals surface area contributed by atoms with Crippen molar-refractivity contribution >= 4 is 22.6 Å². The number of nitrogens with one attached hydrogen (secondary N) is 1. The largest absolute Gasteiger partial charge is 0.491 e. The maximum Gasteiger partial charge on any atom is 0.239 e. The van der Waals surface area contributed by atoms with Crippen LogP contribution in [0.25, 0.3) is 10.9 Å². The Labute approximate surface area is 146 Å². The van der Waals surface area contributed by atoms with Gasteiger partial charge in [-0.25, -0.2) is 0 Å². The molecule has 0 atom stereocenters. The van der Waals surface area contributed by atoms with Crippen LogP contribution >= 0.6 is 0 Å². The van der Waals surface area contributed by atoms with Crippen LogP contribution in [-0.4, -0.2) is 28.3 Å². The molecule has 25 heavy (non-hydrogen) atoms. The SMILES string of the molecule is CC(C)Oc1ccc2c(NC(=O)CN)nn(Cc3ccccc3)c2c1. The van der Waals surface area contributed by atoms with Crippen molar-refractivity contribution in [3.05, 3.63) is 54.1 Å². The molecule has 130 valence electrons. The van der Waals surface area contributed by atoms with Crippen molar-refractivity contribution in [1.29, 1.82) is 0 Å². The van der Waals surface area contributed by atoms with Gasteiger partial charge in [-0.2, -0.15) is 5.10 Å². The van der Waals surface area contributed by atoms with Gasteiger partial charge in [0.15, 0.2) is 5.82 Å². The molecule has 3 rings (SSSR count). The Kier molecular flexibility index (Phi) is 5.00. The summed E-state index contributed by atoms with van der Waals surface area (Å²) in [7, 11) is 0. The van der Waals surface area contributed by atoms with Crippen molar-refractivity contribution in [3.63, 3.8) is 0 Å². The maximum absolute atomic E-state index is 11.7. The molecule has 0 radical (unpaired) electrons. The van der Waals surface area contributed by atoms with Gasteiger partial charge in [0.25, 0.3) is 0 Å². The summed E-state index contributed by atoms with van der Waals surface area (Å²) in [5.41, 5.74) is 7.43. The van der Waals surface area contributed by atoms with Gasteiger partial charge in [-0.3, -0.25) is 9.48 Å². The van der Waals surface area contributed by atoms with Crippen LogP contribution in [0.2, 0.25) is 0 Å². The molecule has 0 saturated carbocycles. The molecule has 1 aromatic heterocycles. The standard InChI is InChI=1S/C19H22N4O2/c1-13(2)25-15-8-9-16-17(10-15)23(12-14-6-4-3-5-7-14)22-19(16)21-18(24)11-20/h3-10,13H,11-12,20H2,1-2H3,(H,21,22,24). The molecule has 1 heterocycles. The van der Waals surface area contributed by atoms with Crippen molar-refractivity contribution in [1.82, 2.24) is 9.78 Å². The van der Waals surface area contributed by atoms with E-state index >= 15 is 0 Å². The highest BCUT2D eigenvalue weighted by molar-refractivity contribution is 6.00. The van der Waals surface area contributed by atoms with E-state index in [4.69, 9.17) is 10.5 Å². The molecule has 3 aromatic rings. The fourth-order valence-corrected chi connectivity index (χ4v) is 2.65. The van der Waals surface area contributed by atoms with E-state index in [-0.39, 0.29) is 18.6 Å². The van der Waals surface area contributed by atoms with E-state index in [0.717, 1.165) is 22.2 Å². The highest BCUT2D eigenvalue weighted by atomic mass is 16.5. The second-order valence-electron chi connectivity index (χ2n) is 6.09. The minimum atomic E-state index is -0.270. The third-order valence-corrected chi connectivity index (χ3v) is 3.71. The summed E-state index contributed by atoms with van der Waals surface area (Å²) < 4.78 is 7.66. The van der Waals surface area contributed by atoms with Crippen molar-refractivity contribution < 1.29 is 9.53 Å². The van der Waals surface area contributed by atoms with Crippen LogP contribution in [0.1, 0.15) is 19.4 Å². The molecule has 0 aliphatic carbocycles. The van der Waals surface area contributed by atoms with Gasteiger partial charge in [0.1, 0.15) is 5.75 Å². The molecule has 0 spiro atoms. The zero-order chi connectivity index (χ0) is 17.8. The van der Waals surface area contributed by atoms with Crippen LogP contribution in [-0.2, 0) is 11.3 Å². The number of benzene rings is 2. The lowest BCUT2D eigenvalue weighted by atomic mass is 10.2. The fraction of sp³-hybridized carbons (Fsp3) is 0.263. The van der Waals surface area contributed by atoms with Crippen molar-refractivity contribution in [3.8, 4) is 5.75 Å². The summed E-state index contributed by atoms with van der Waals surface area (Å²) in [6.07, 6.45) is 0.0827. The lowest BCUT2D eigenvalue weighted by Crippen LogP contribution is -2.22. The first-order valence-electron chi connectivity index (χ1n) is 8.28. The van der Waals surface area contributed by atoms with E-state index in [1.165, 1.54) is 0 Å². The maximum atomic E-state index is 11.7. The fourth-order valence-electron chi connectivity index (χ4n) is 2.65. The number of hydrogen-bond donors (Lipinski definition) is 2. The van der Waals surface area contributed by atoms with Crippen LogP contribution in [0.15, 0.2) is 48.5 Å². The summed E-state index contributed by atoms with van der Waals surface area (Å²) in [5.74, 6) is 1.01. The quantitative estimate of drug-likeness (QED) is 0.724. The number of nitrogens with zero attached hydrogens (tertiary/aromatic N) is 2. The molecule has 2 aromatic carbocycles.